The summed E-state index contributed by atoms with van der Waals surface area (Å²) in [6.07, 6.45) is 0.903. The Hall–Kier alpha value is -3.31. The molecule has 5 rings (SSSR count). The van der Waals surface area contributed by atoms with Crippen molar-refractivity contribution < 1.29 is 13.9 Å². The average molecular weight is 387 g/mol. The first kappa shape index (κ1) is 17.8. The van der Waals surface area contributed by atoms with Crippen LogP contribution in [-0.4, -0.2) is 25.3 Å². The molecule has 29 heavy (non-hydrogen) atoms. The van der Waals surface area contributed by atoms with Crippen LogP contribution in [0.25, 0.3) is 21.7 Å². The summed E-state index contributed by atoms with van der Waals surface area (Å²) in [4.78, 5) is 14.7. The number of hydrogen-bond acceptors (Lipinski definition) is 5. The van der Waals surface area contributed by atoms with Gasteiger partial charge in [0.05, 0.1) is 18.1 Å². The standard InChI is InChI=1S/C24H21NO4/c1-27-17-8-6-16(7-9-17)12-13-25-14-21-22(28-15-25)11-10-19-18-4-2-3-5-20(18)24(26)29-23(19)21/h2-11H,12-15H2,1H3. The molecule has 0 N–H and O–H groups in total. The molecule has 5 heteroatoms. The van der Waals surface area contributed by atoms with Gasteiger partial charge in [0.15, 0.2) is 0 Å². The van der Waals surface area contributed by atoms with Crippen LogP contribution >= 0.6 is 0 Å². The summed E-state index contributed by atoms with van der Waals surface area (Å²) < 4.78 is 16.9. The minimum Gasteiger partial charge on any atom is -0.497 e. The number of rotatable bonds is 4. The SMILES string of the molecule is COc1ccc(CCN2COc3ccc4c(oc(=O)c5ccccc54)c3C2)cc1. The number of benzene rings is 3. The smallest absolute Gasteiger partial charge is 0.344 e. The van der Waals surface area contributed by atoms with Gasteiger partial charge in [-0.1, -0.05) is 30.3 Å². The zero-order chi connectivity index (χ0) is 19.8. The average Bonchev–Trinajstić information content (AvgIpc) is 2.78. The fourth-order valence-electron chi connectivity index (χ4n) is 3.92. The Morgan fingerprint density at radius 1 is 0.966 bits per heavy atom. The lowest BCUT2D eigenvalue weighted by atomic mass is 10.0. The van der Waals surface area contributed by atoms with Crippen LogP contribution in [0.3, 0.4) is 0 Å². The van der Waals surface area contributed by atoms with E-state index in [4.69, 9.17) is 13.9 Å². The molecule has 1 aliphatic heterocycles. The molecule has 146 valence electrons. The maximum Gasteiger partial charge on any atom is 0.344 e. The van der Waals surface area contributed by atoms with Gasteiger partial charge in [0.2, 0.25) is 0 Å². The fraction of sp³-hybridized carbons (Fsp3) is 0.208. The van der Waals surface area contributed by atoms with Crippen LogP contribution in [0.5, 0.6) is 11.5 Å². The van der Waals surface area contributed by atoms with Crippen molar-refractivity contribution in [1.29, 1.82) is 0 Å². The van der Waals surface area contributed by atoms with Crippen LogP contribution in [-0.2, 0) is 13.0 Å². The highest BCUT2D eigenvalue weighted by Gasteiger charge is 2.22. The molecule has 0 unspecified atom stereocenters. The maximum absolute atomic E-state index is 12.5. The van der Waals surface area contributed by atoms with Crippen LogP contribution in [0.1, 0.15) is 11.1 Å². The number of nitrogens with zero attached hydrogens (tertiary/aromatic N) is 1. The Balaban J connectivity index is 1.44. The molecule has 1 aliphatic rings. The van der Waals surface area contributed by atoms with E-state index in [1.807, 2.05) is 42.5 Å². The molecule has 2 heterocycles. The predicted molar refractivity (Wildman–Crippen MR) is 113 cm³/mol. The van der Waals surface area contributed by atoms with Crippen molar-refractivity contribution in [2.24, 2.45) is 0 Å². The molecule has 0 radical (unpaired) electrons. The number of methoxy groups -OCH3 is 1. The van der Waals surface area contributed by atoms with E-state index in [1.165, 1.54) is 5.56 Å². The van der Waals surface area contributed by atoms with Gasteiger partial charge in [0.25, 0.3) is 0 Å². The molecule has 0 spiro atoms. The predicted octanol–water partition coefficient (Wildman–Crippen LogP) is 4.35. The number of ether oxygens (including phenoxy) is 2. The lowest BCUT2D eigenvalue weighted by Crippen LogP contribution is -2.33. The lowest BCUT2D eigenvalue weighted by molar-refractivity contribution is 0.0968. The second-order valence-electron chi connectivity index (χ2n) is 7.28. The molecule has 1 aromatic heterocycles. The second-order valence-corrected chi connectivity index (χ2v) is 7.28. The van der Waals surface area contributed by atoms with Crippen LogP contribution in [0.2, 0.25) is 0 Å². The molecule has 0 fully saturated rings. The van der Waals surface area contributed by atoms with E-state index in [2.05, 4.69) is 17.0 Å². The fourth-order valence-corrected chi connectivity index (χ4v) is 3.92. The monoisotopic (exact) mass is 387 g/mol. The van der Waals surface area contributed by atoms with Crippen molar-refractivity contribution in [2.75, 3.05) is 20.4 Å². The summed E-state index contributed by atoms with van der Waals surface area (Å²) in [6, 6.07) is 19.6. The van der Waals surface area contributed by atoms with Crippen LogP contribution in [0.15, 0.2) is 69.9 Å². The highest BCUT2D eigenvalue weighted by atomic mass is 16.5. The Morgan fingerprint density at radius 3 is 2.55 bits per heavy atom. The Kier molecular flexibility index (Phi) is 4.45. The summed E-state index contributed by atoms with van der Waals surface area (Å²) in [6.45, 7) is 2.05. The zero-order valence-corrected chi connectivity index (χ0v) is 16.2. The van der Waals surface area contributed by atoms with Crippen LogP contribution in [0.4, 0.5) is 0 Å². The third kappa shape index (κ3) is 3.23. The van der Waals surface area contributed by atoms with Crippen molar-refractivity contribution in [3.63, 3.8) is 0 Å². The molecule has 5 nitrogen and oxygen atoms in total. The molecule has 0 amide bonds. The van der Waals surface area contributed by atoms with Gasteiger partial charge in [-0.3, -0.25) is 4.90 Å². The Morgan fingerprint density at radius 2 is 1.76 bits per heavy atom. The summed E-state index contributed by atoms with van der Waals surface area (Å²) >= 11 is 0. The van der Waals surface area contributed by atoms with E-state index >= 15 is 0 Å². The minimum absolute atomic E-state index is 0.308. The minimum atomic E-state index is -0.308. The molecule has 0 aliphatic carbocycles. The van der Waals surface area contributed by atoms with E-state index in [-0.39, 0.29) is 5.63 Å². The first-order chi connectivity index (χ1) is 14.2. The van der Waals surface area contributed by atoms with Gasteiger partial charge in [-0.05, 0) is 47.7 Å². The van der Waals surface area contributed by atoms with Crippen molar-refractivity contribution >= 4 is 21.7 Å². The third-order valence-corrected chi connectivity index (χ3v) is 5.51. The molecular weight excluding hydrogens is 366 g/mol. The molecule has 0 saturated heterocycles. The molecule has 0 atom stereocenters. The first-order valence-electron chi connectivity index (χ1n) is 9.68. The zero-order valence-electron chi connectivity index (χ0n) is 16.2. The van der Waals surface area contributed by atoms with Gasteiger partial charge >= 0.3 is 5.63 Å². The van der Waals surface area contributed by atoms with Gasteiger partial charge in [-0.15, -0.1) is 0 Å². The molecular formula is C24H21NO4. The summed E-state index contributed by atoms with van der Waals surface area (Å²) in [5, 5.41) is 2.46. The molecule has 0 saturated carbocycles. The van der Waals surface area contributed by atoms with Gasteiger partial charge in [0, 0.05) is 18.5 Å². The third-order valence-electron chi connectivity index (χ3n) is 5.51. The number of fused-ring (bicyclic) bond motifs is 5. The van der Waals surface area contributed by atoms with E-state index in [9.17, 15) is 4.79 Å². The largest absolute Gasteiger partial charge is 0.497 e. The normalized spacial score (nSPS) is 14.0. The summed E-state index contributed by atoms with van der Waals surface area (Å²) in [5.74, 6) is 1.65. The first-order valence-corrected chi connectivity index (χ1v) is 9.68. The Bertz CT molecular complexity index is 1240. The second kappa shape index (κ2) is 7.26. The van der Waals surface area contributed by atoms with Gasteiger partial charge in [-0.2, -0.15) is 0 Å². The molecule has 0 bridgehead atoms. The highest BCUT2D eigenvalue weighted by Crippen LogP contribution is 2.34. The number of hydrogen-bond donors (Lipinski definition) is 0. The van der Waals surface area contributed by atoms with Gasteiger partial charge in [-0.25, -0.2) is 4.79 Å². The Labute approximate surface area is 168 Å². The van der Waals surface area contributed by atoms with Crippen molar-refractivity contribution in [3.05, 3.63) is 82.2 Å². The van der Waals surface area contributed by atoms with Crippen molar-refractivity contribution in [3.8, 4) is 11.5 Å². The van der Waals surface area contributed by atoms with E-state index in [0.29, 0.717) is 24.2 Å². The lowest BCUT2D eigenvalue weighted by Gasteiger charge is -2.29. The maximum atomic E-state index is 12.5. The van der Waals surface area contributed by atoms with Gasteiger partial charge in [0.1, 0.15) is 23.8 Å². The summed E-state index contributed by atoms with van der Waals surface area (Å²) in [5.41, 5.74) is 2.50. The van der Waals surface area contributed by atoms with E-state index in [0.717, 1.165) is 40.8 Å². The summed E-state index contributed by atoms with van der Waals surface area (Å²) in [7, 11) is 1.67. The van der Waals surface area contributed by atoms with Crippen LogP contribution < -0.4 is 15.1 Å². The quantitative estimate of drug-likeness (QED) is 0.385. The van der Waals surface area contributed by atoms with E-state index in [1.54, 1.807) is 13.2 Å². The van der Waals surface area contributed by atoms with Crippen LogP contribution in [0, 0.1) is 0 Å². The highest BCUT2D eigenvalue weighted by molar-refractivity contribution is 6.05. The molecule has 4 aromatic rings. The topological polar surface area (TPSA) is 51.9 Å². The van der Waals surface area contributed by atoms with Crippen molar-refractivity contribution in [2.45, 2.75) is 13.0 Å². The molecule has 3 aromatic carbocycles. The van der Waals surface area contributed by atoms with Gasteiger partial charge < -0.3 is 13.9 Å². The van der Waals surface area contributed by atoms with E-state index < -0.39 is 0 Å². The van der Waals surface area contributed by atoms with Crippen molar-refractivity contribution in [1.82, 2.24) is 4.90 Å².